The summed E-state index contributed by atoms with van der Waals surface area (Å²) in [6.07, 6.45) is 0.598. The zero-order valence-corrected chi connectivity index (χ0v) is 9.29. The van der Waals surface area contributed by atoms with Gasteiger partial charge in [-0.05, 0) is 12.3 Å². The molecule has 0 bridgehead atoms. The van der Waals surface area contributed by atoms with Gasteiger partial charge in [0.05, 0.1) is 0 Å². The summed E-state index contributed by atoms with van der Waals surface area (Å²) in [5.74, 6) is 0.144. The van der Waals surface area contributed by atoms with E-state index in [1.165, 1.54) is 0 Å². The Kier molecular flexibility index (Phi) is 6.49. The summed E-state index contributed by atoms with van der Waals surface area (Å²) in [6, 6.07) is 0.0431. The molecule has 0 radical (unpaired) electrons. The van der Waals surface area contributed by atoms with Crippen molar-refractivity contribution in [3.8, 4) is 0 Å². The van der Waals surface area contributed by atoms with Crippen LogP contribution in [0.1, 0.15) is 27.2 Å². The van der Waals surface area contributed by atoms with E-state index < -0.39 is 0 Å². The molecule has 0 saturated heterocycles. The lowest BCUT2D eigenvalue weighted by atomic mass is 10.0. The van der Waals surface area contributed by atoms with E-state index in [1.54, 1.807) is 6.92 Å². The average Bonchev–Trinajstić information content (AvgIpc) is 2.15. The number of hydrogen-bond donors (Lipinski definition) is 3. The lowest BCUT2D eigenvalue weighted by molar-refractivity contribution is -0.125. The second-order valence-corrected chi connectivity index (χ2v) is 4.01. The maximum atomic E-state index is 11.5. The lowest BCUT2D eigenvalue weighted by Gasteiger charge is -2.23. The van der Waals surface area contributed by atoms with Crippen molar-refractivity contribution in [3.05, 3.63) is 0 Å². The molecule has 4 nitrogen and oxygen atoms in total. The molecule has 4 heteroatoms. The van der Waals surface area contributed by atoms with Crippen LogP contribution in [0.5, 0.6) is 0 Å². The molecule has 0 aromatic carbocycles. The third-order valence-electron chi connectivity index (χ3n) is 2.37. The molecule has 84 valence electrons. The van der Waals surface area contributed by atoms with Gasteiger partial charge in [0.25, 0.3) is 0 Å². The maximum Gasteiger partial charge on any atom is 0.224 e. The van der Waals surface area contributed by atoms with E-state index in [-0.39, 0.29) is 24.5 Å². The number of rotatable bonds is 6. The smallest absolute Gasteiger partial charge is 0.224 e. The Morgan fingerprint density at radius 3 is 2.36 bits per heavy atom. The summed E-state index contributed by atoms with van der Waals surface area (Å²) in [5, 5.41) is 11.7. The molecule has 4 N–H and O–H groups in total. The van der Waals surface area contributed by atoms with Crippen molar-refractivity contribution < 1.29 is 9.90 Å². The van der Waals surface area contributed by atoms with Crippen molar-refractivity contribution in [1.29, 1.82) is 0 Å². The first-order chi connectivity index (χ1) is 6.52. The van der Waals surface area contributed by atoms with Crippen LogP contribution >= 0.6 is 0 Å². The molecule has 0 aromatic heterocycles. The van der Waals surface area contributed by atoms with Gasteiger partial charge in [-0.3, -0.25) is 4.79 Å². The summed E-state index contributed by atoms with van der Waals surface area (Å²) in [4.78, 5) is 11.5. The van der Waals surface area contributed by atoms with E-state index in [9.17, 15) is 4.79 Å². The second kappa shape index (κ2) is 6.79. The molecule has 2 atom stereocenters. The lowest BCUT2D eigenvalue weighted by Crippen LogP contribution is -2.43. The van der Waals surface area contributed by atoms with Gasteiger partial charge in [0, 0.05) is 25.1 Å². The topological polar surface area (TPSA) is 75.4 Å². The number of hydrogen-bond acceptors (Lipinski definition) is 3. The SMILES string of the molecule is CC(CN)C(=O)NC(CCO)C(C)C. The number of carbonyl (C=O) groups excluding carboxylic acids is 1. The largest absolute Gasteiger partial charge is 0.396 e. The molecular weight excluding hydrogens is 180 g/mol. The Morgan fingerprint density at radius 1 is 1.43 bits per heavy atom. The van der Waals surface area contributed by atoms with Crippen molar-refractivity contribution in [2.45, 2.75) is 33.2 Å². The van der Waals surface area contributed by atoms with Crippen LogP contribution in [0.3, 0.4) is 0 Å². The van der Waals surface area contributed by atoms with Crippen LogP contribution in [0.25, 0.3) is 0 Å². The molecule has 0 aromatic rings. The Morgan fingerprint density at radius 2 is 2.00 bits per heavy atom. The number of nitrogens with two attached hydrogens (primary N) is 1. The third kappa shape index (κ3) is 4.58. The van der Waals surface area contributed by atoms with Crippen LogP contribution in [0.15, 0.2) is 0 Å². The van der Waals surface area contributed by atoms with E-state index in [0.717, 1.165) is 0 Å². The minimum Gasteiger partial charge on any atom is -0.396 e. The highest BCUT2D eigenvalue weighted by atomic mass is 16.3. The summed E-state index contributed by atoms with van der Waals surface area (Å²) >= 11 is 0. The van der Waals surface area contributed by atoms with Crippen molar-refractivity contribution in [2.24, 2.45) is 17.6 Å². The van der Waals surface area contributed by atoms with Gasteiger partial charge in [-0.25, -0.2) is 0 Å². The van der Waals surface area contributed by atoms with Gasteiger partial charge in [-0.15, -0.1) is 0 Å². The highest BCUT2D eigenvalue weighted by Gasteiger charge is 2.18. The van der Waals surface area contributed by atoms with Crippen LogP contribution in [0.2, 0.25) is 0 Å². The second-order valence-electron chi connectivity index (χ2n) is 4.01. The van der Waals surface area contributed by atoms with Crippen LogP contribution in [-0.2, 0) is 4.79 Å². The predicted molar refractivity (Wildman–Crippen MR) is 56.7 cm³/mol. The Hall–Kier alpha value is -0.610. The predicted octanol–water partition coefficient (Wildman–Crippen LogP) is 0.104. The molecule has 0 aliphatic rings. The summed E-state index contributed by atoms with van der Waals surface area (Å²) in [6.45, 7) is 6.29. The first-order valence-electron chi connectivity index (χ1n) is 5.14. The highest BCUT2D eigenvalue weighted by molar-refractivity contribution is 5.78. The zero-order chi connectivity index (χ0) is 11.1. The number of carbonyl (C=O) groups is 1. The summed E-state index contributed by atoms with van der Waals surface area (Å²) in [5.41, 5.74) is 5.39. The van der Waals surface area contributed by atoms with E-state index in [4.69, 9.17) is 10.8 Å². The van der Waals surface area contributed by atoms with Gasteiger partial charge in [0.15, 0.2) is 0 Å². The zero-order valence-electron chi connectivity index (χ0n) is 9.29. The van der Waals surface area contributed by atoms with Gasteiger partial charge < -0.3 is 16.2 Å². The van der Waals surface area contributed by atoms with E-state index in [1.807, 2.05) is 13.8 Å². The minimum absolute atomic E-state index is 0.0281. The number of aliphatic hydroxyl groups excluding tert-OH is 1. The van der Waals surface area contributed by atoms with Crippen LogP contribution in [0, 0.1) is 11.8 Å². The number of aliphatic hydroxyl groups is 1. The molecule has 2 unspecified atom stereocenters. The molecule has 0 heterocycles. The number of nitrogens with one attached hydrogen (secondary N) is 1. The molecule has 14 heavy (non-hydrogen) atoms. The fraction of sp³-hybridized carbons (Fsp3) is 0.900. The molecule has 0 rings (SSSR count). The van der Waals surface area contributed by atoms with Gasteiger partial charge >= 0.3 is 0 Å². The molecule has 0 saturated carbocycles. The fourth-order valence-corrected chi connectivity index (χ4v) is 1.14. The molecule has 1 amide bonds. The molecule has 0 fully saturated rings. The summed E-state index contributed by atoms with van der Waals surface area (Å²) in [7, 11) is 0. The monoisotopic (exact) mass is 202 g/mol. The third-order valence-corrected chi connectivity index (χ3v) is 2.37. The first-order valence-corrected chi connectivity index (χ1v) is 5.14. The first kappa shape index (κ1) is 13.4. The van der Waals surface area contributed by atoms with E-state index in [2.05, 4.69) is 5.32 Å². The fourth-order valence-electron chi connectivity index (χ4n) is 1.14. The van der Waals surface area contributed by atoms with E-state index >= 15 is 0 Å². The van der Waals surface area contributed by atoms with Gasteiger partial charge in [0.2, 0.25) is 5.91 Å². The average molecular weight is 202 g/mol. The normalized spacial score (nSPS) is 15.3. The standard InChI is InChI=1S/C10H22N2O2/c1-7(2)9(4-5-13)12-10(14)8(3)6-11/h7-9,13H,4-6,11H2,1-3H3,(H,12,14). The van der Waals surface area contributed by atoms with Crippen molar-refractivity contribution >= 4 is 5.91 Å². The van der Waals surface area contributed by atoms with Crippen molar-refractivity contribution in [2.75, 3.05) is 13.2 Å². The van der Waals surface area contributed by atoms with Crippen molar-refractivity contribution in [3.63, 3.8) is 0 Å². The van der Waals surface area contributed by atoms with Crippen LogP contribution in [0.4, 0.5) is 0 Å². The van der Waals surface area contributed by atoms with Gasteiger partial charge in [0.1, 0.15) is 0 Å². The van der Waals surface area contributed by atoms with Crippen molar-refractivity contribution in [1.82, 2.24) is 5.32 Å². The van der Waals surface area contributed by atoms with E-state index in [0.29, 0.717) is 18.9 Å². The highest BCUT2D eigenvalue weighted by Crippen LogP contribution is 2.06. The quantitative estimate of drug-likeness (QED) is 0.572. The Bertz CT molecular complexity index is 172. The molecule has 0 aliphatic carbocycles. The Balaban J connectivity index is 4.08. The van der Waals surface area contributed by atoms with Crippen LogP contribution in [-0.4, -0.2) is 30.2 Å². The van der Waals surface area contributed by atoms with Gasteiger partial charge in [-0.1, -0.05) is 20.8 Å². The minimum atomic E-state index is -0.157. The Labute approximate surface area is 85.9 Å². The summed E-state index contributed by atoms with van der Waals surface area (Å²) < 4.78 is 0. The number of amides is 1. The molecule has 0 aliphatic heterocycles. The molecule has 0 spiro atoms. The van der Waals surface area contributed by atoms with Gasteiger partial charge in [-0.2, -0.15) is 0 Å². The maximum absolute atomic E-state index is 11.5. The van der Waals surface area contributed by atoms with Crippen LogP contribution < -0.4 is 11.1 Å². The molecular formula is C10H22N2O2.